The SMILES string of the molecule is Cc1cc(COc2nc(-c3ccccc3Cl)cs2)ccc1-n1nnn(C)c1=O. The number of rotatable bonds is 5. The molecule has 4 aromatic rings. The molecule has 9 heteroatoms. The van der Waals surface area contributed by atoms with Gasteiger partial charge in [0, 0.05) is 23.0 Å². The van der Waals surface area contributed by atoms with Crippen LogP contribution in [0.25, 0.3) is 16.9 Å². The van der Waals surface area contributed by atoms with Gasteiger partial charge in [-0.05, 0) is 40.6 Å². The van der Waals surface area contributed by atoms with E-state index in [1.54, 1.807) is 7.05 Å². The first-order valence-electron chi connectivity index (χ1n) is 8.45. The van der Waals surface area contributed by atoms with Crippen molar-refractivity contribution >= 4 is 22.9 Å². The average molecular weight is 414 g/mol. The molecular weight excluding hydrogens is 398 g/mol. The molecule has 0 amide bonds. The number of thiazole rings is 1. The van der Waals surface area contributed by atoms with Gasteiger partial charge in [0.1, 0.15) is 6.61 Å². The van der Waals surface area contributed by atoms with Crippen LogP contribution in [0.3, 0.4) is 0 Å². The lowest BCUT2D eigenvalue weighted by Crippen LogP contribution is -2.22. The van der Waals surface area contributed by atoms with Crippen LogP contribution < -0.4 is 10.4 Å². The summed E-state index contributed by atoms with van der Waals surface area (Å²) in [5.41, 5.74) is 3.94. The highest BCUT2D eigenvalue weighted by Crippen LogP contribution is 2.31. The molecule has 2 aromatic carbocycles. The lowest BCUT2D eigenvalue weighted by Gasteiger charge is -2.07. The number of benzene rings is 2. The van der Waals surface area contributed by atoms with Crippen molar-refractivity contribution in [3.05, 3.63) is 74.5 Å². The normalized spacial score (nSPS) is 11.0. The van der Waals surface area contributed by atoms with Crippen LogP contribution in [0.5, 0.6) is 5.19 Å². The molecule has 4 rings (SSSR count). The molecule has 0 atom stereocenters. The number of hydrogen-bond acceptors (Lipinski definition) is 6. The van der Waals surface area contributed by atoms with Gasteiger partial charge in [-0.25, -0.2) is 9.78 Å². The second kappa shape index (κ2) is 7.57. The number of halogens is 1. The molecule has 142 valence electrons. The van der Waals surface area contributed by atoms with E-state index in [1.165, 1.54) is 20.7 Å². The molecule has 0 radical (unpaired) electrons. The van der Waals surface area contributed by atoms with Gasteiger partial charge < -0.3 is 4.74 Å². The van der Waals surface area contributed by atoms with Gasteiger partial charge in [0.2, 0.25) is 0 Å². The van der Waals surface area contributed by atoms with Gasteiger partial charge in [-0.15, -0.1) is 0 Å². The second-order valence-corrected chi connectivity index (χ2v) is 7.41. The quantitative estimate of drug-likeness (QED) is 0.499. The Morgan fingerprint density at radius 1 is 1.18 bits per heavy atom. The Labute approximate surface area is 169 Å². The molecule has 0 fully saturated rings. The first-order chi connectivity index (χ1) is 13.5. The van der Waals surface area contributed by atoms with E-state index in [-0.39, 0.29) is 5.69 Å². The van der Waals surface area contributed by atoms with Crippen LogP contribution in [-0.4, -0.2) is 24.8 Å². The molecule has 7 nitrogen and oxygen atoms in total. The zero-order valence-corrected chi connectivity index (χ0v) is 16.7. The molecule has 0 spiro atoms. The van der Waals surface area contributed by atoms with Gasteiger partial charge in [-0.3, -0.25) is 0 Å². The minimum atomic E-state index is -0.290. The maximum atomic E-state index is 12.0. The molecular formula is C19H16ClN5O2S. The number of ether oxygens (including phenoxy) is 1. The van der Waals surface area contributed by atoms with Crippen molar-refractivity contribution < 1.29 is 4.74 Å². The third kappa shape index (κ3) is 3.56. The number of hydrogen-bond donors (Lipinski definition) is 0. The van der Waals surface area contributed by atoms with E-state index in [4.69, 9.17) is 16.3 Å². The molecule has 0 unspecified atom stereocenters. The predicted molar refractivity (Wildman–Crippen MR) is 108 cm³/mol. The van der Waals surface area contributed by atoms with E-state index in [0.717, 1.165) is 22.4 Å². The highest BCUT2D eigenvalue weighted by Gasteiger charge is 2.11. The summed E-state index contributed by atoms with van der Waals surface area (Å²) >= 11 is 7.65. The summed E-state index contributed by atoms with van der Waals surface area (Å²) in [6.45, 7) is 2.28. The molecule has 0 aliphatic rings. The summed E-state index contributed by atoms with van der Waals surface area (Å²) < 4.78 is 8.29. The van der Waals surface area contributed by atoms with Crippen LogP contribution in [-0.2, 0) is 13.7 Å². The lowest BCUT2D eigenvalue weighted by atomic mass is 10.1. The van der Waals surface area contributed by atoms with Crippen molar-refractivity contribution in [2.24, 2.45) is 7.05 Å². The Balaban J connectivity index is 1.49. The van der Waals surface area contributed by atoms with Gasteiger partial charge in [0.05, 0.1) is 11.4 Å². The first-order valence-corrected chi connectivity index (χ1v) is 9.71. The summed E-state index contributed by atoms with van der Waals surface area (Å²) in [5.74, 6) is 0. The van der Waals surface area contributed by atoms with Crippen molar-refractivity contribution in [2.45, 2.75) is 13.5 Å². The zero-order chi connectivity index (χ0) is 19.7. The highest BCUT2D eigenvalue weighted by atomic mass is 35.5. The van der Waals surface area contributed by atoms with E-state index in [0.29, 0.717) is 22.5 Å². The number of aromatic nitrogens is 5. The Kier molecular flexibility index (Phi) is 4.97. The van der Waals surface area contributed by atoms with E-state index in [1.807, 2.05) is 54.8 Å². The Morgan fingerprint density at radius 3 is 2.71 bits per heavy atom. The molecule has 28 heavy (non-hydrogen) atoms. The molecule has 0 saturated heterocycles. The molecule has 0 aliphatic heterocycles. The van der Waals surface area contributed by atoms with Crippen molar-refractivity contribution in [1.82, 2.24) is 24.8 Å². The number of nitrogens with zero attached hydrogens (tertiary/aromatic N) is 5. The van der Waals surface area contributed by atoms with Crippen molar-refractivity contribution in [1.29, 1.82) is 0 Å². The molecule has 0 saturated carbocycles. The maximum Gasteiger partial charge on any atom is 0.368 e. The summed E-state index contributed by atoms with van der Waals surface area (Å²) in [6, 6.07) is 13.3. The summed E-state index contributed by atoms with van der Waals surface area (Å²) in [6.07, 6.45) is 0. The van der Waals surface area contributed by atoms with Crippen molar-refractivity contribution in [2.75, 3.05) is 0 Å². The van der Waals surface area contributed by atoms with Crippen LogP contribution in [0.2, 0.25) is 5.02 Å². The third-order valence-electron chi connectivity index (χ3n) is 4.21. The largest absolute Gasteiger partial charge is 0.465 e. The Bertz CT molecular complexity index is 1200. The highest BCUT2D eigenvalue weighted by molar-refractivity contribution is 7.11. The van der Waals surface area contributed by atoms with E-state index < -0.39 is 0 Å². The monoisotopic (exact) mass is 413 g/mol. The maximum absolute atomic E-state index is 12.0. The molecule has 0 N–H and O–H groups in total. The smallest absolute Gasteiger partial charge is 0.368 e. The van der Waals surface area contributed by atoms with Gasteiger partial charge in [-0.1, -0.05) is 53.3 Å². The van der Waals surface area contributed by atoms with Gasteiger partial charge in [0.25, 0.3) is 5.19 Å². The second-order valence-electron chi connectivity index (χ2n) is 6.18. The van der Waals surface area contributed by atoms with Crippen LogP contribution >= 0.6 is 22.9 Å². The minimum absolute atomic E-state index is 0.290. The van der Waals surface area contributed by atoms with Gasteiger partial charge >= 0.3 is 5.69 Å². The fraction of sp³-hybridized carbons (Fsp3) is 0.158. The predicted octanol–water partition coefficient (Wildman–Crippen LogP) is 3.63. The van der Waals surface area contributed by atoms with Crippen LogP contribution in [0.4, 0.5) is 0 Å². The Morgan fingerprint density at radius 2 is 2.00 bits per heavy atom. The minimum Gasteiger partial charge on any atom is -0.465 e. The van der Waals surface area contributed by atoms with Crippen molar-refractivity contribution in [3.8, 4) is 22.1 Å². The fourth-order valence-electron chi connectivity index (χ4n) is 2.77. The van der Waals surface area contributed by atoms with Gasteiger partial charge in [0.15, 0.2) is 0 Å². The average Bonchev–Trinajstić information content (AvgIpc) is 3.28. The molecule has 0 bridgehead atoms. The number of aryl methyl sites for hydroxylation is 2. The Hall–Kier alpha value is -2.97. The lowest BCUT2D eigenvalue weighted by molar-refractivity contribution is 0.304. The van der Waals surface area contributed by atoms with E-state index in [9.17, 15) is 4.79 Å². The first kappa shape index (κ1) is 18.4. The zero-order valence-electron chi connectivity index (χ0n) is 15.2. The fourth-order valence-corrected chi connectivity index (χ4v) is 3.67. The molecule has 2 heterocycles. The molecule has 0 aliphatic carbocycles. The van der Waals surface area contributed by atoms with E-state index in [2.05, 4.69) is 15.4 Å². The van der Waals surface area contributed by atoms with Crippen LogP contribution in [0.1, 0.15) is 11.1 Å². The standard InChI is InChI=1S/C19H16ClN5O2S/c1-12-9-13(7-8-17(12)25-19(26)24(2)22-23-25)10-27-18-21-16(11-28-18)14-5-3-4-6-15(14)20/h3-9,11H,10H2,1-2H3. The van der Waals surface area contributed by atoms with E-state index >= 15 is 0 Å². The van der Waals surface area contributed by atoms with Gasteiger partial charge in [-0.2, -0.15) is 9.36 Å². The topological polar surface area (TPSA) is 74.8 Å². The van der Waals surface area contributed by atoms with Crippen molar-refractivity contribution in [3.63, 3.8) is 0 Å². The summed E-state index contributed by atoms with van der Waals surface area (Å²) in [7, 11) is 1.56. The molecule has 2 aromatic heterocycles. The third-order valence-corrected chi connectivity index (χ3v) is 5.29. The van der Waals surface area contributed by atoms with Crippen LogP contribution in [0.15, 0.2) is 52.6 Å². The summed E-state index contributed by atoms with van der Waals surface area (Å²) in [5, 5.41) is 10.8. The number of tetrazole rings is 1. The van der Waals surface area contributed by atoms with Crippen LogP contribution in [0, 0.1) is 6.92 Å². The summed E-state index contributed by atoms with van der Waals surface area (Å²) in [4.78, 5) is 16.5.